The summed E-state index contributed by atoms with van der Waals surface area (Å²) in [6.45, 7) is 0. The summed E-state index contributed by atoms with van der Waals surface area (Å²) >= 11 is 5.81. The molecule has 1 saturated heterocycles. The minimum Gasteiger partial charge on any atom is -0.387 e. The summed E-state index contributed by atoms with van der Waals surface area (Å²) in [6, 6.07) is 0.438. The Morgan fingerprint density at radius 2 is 2.08 bits per heavy atom. The lowest BCUT2D eigenvalue weighted by Gasteiger charge is -2.23. The van der Waals surface area contributed by atoms with E-state index < -0.39 is 24.5 Å². The summed E-state index contributed by atoms with van der Waals surface area (Å²) in [4.78, 5) is 13.2. The van der Waals surface area contributed by atoms with Crippen LogP contribution in [0.4, 0.5) is 5.82 Å². The molecule has 2 aromatic rings. The summed E-state index contributed by atoms with van der Waals surface area (Å²) in [5, 5.41) is 23.9. The van der Waals surface area contributed by atoms with Crippen LogP contribution >= 0.6 is 11.6 Å². The largest absolute Gasteiger partial charge is 0.387 e. The Kier molecular flexibility index (Phi) is 4.04. The van der Waals surface area contributed by atoms with Crippen LogP contribution in [0.3, 0.4) is 0 Å². The summed E-state index contributed by atoms with van der Waals surface area (Å²) < 4.78 is 7.35. The van der Waals surface area contributed by atoms with E-state index in [-0.39, 0.29) is 5.88 Å². The molecule has 140 valence electrons. The fraction of sp³-hybridized carbons (Fsp3) is 0.706. The number of nitrogens with zero attached hydrogens (tertiary/aromatic N) is 4. The lowest BCUT2D eigenvalue weighted by molar-refractivity contribution is -0.0291. The molecule has 7 atom stereocenters. The maximum Gasteiger partial charge on any atom is 0.167 e. The standard InChI is InChI=1S/C17H22ClN5O3/c18-5-11-13(24)14(25)17(26-11)23-7-21-12-15(19-6-20-16(12)23)22-10-4-8-1-2-9(10)3-8/h6-11,13-14,17,24-25H,1-5H2,(H,19,20,22)/t8-,9-,10+,11+,13+,14+,17+/m0/s1. The van der Waals surface area contributed by atoms with Gasteiger partial charge in [-0.25, -0.2) is 15.0 Å². The number of rotatable bonds is 4. The summed E-state index contributed by atoms with van der Waals surface area (Å²) in [5.74, 6) is 2.37. The molecule has 3 aliphatic rings. The Balaban J connectivity index is 1.44. The Hall–Kier alpha value is -1.48. The maximum absolute atomic E-state index is 10.3. The van der Waals surface area contributed by atoms with Crippen molar-refractivity contribution >= 4 is 28.6 Å². The van der Waals surface area contributed by atoms with Gasteiger partial charge in [0.15, 0.2) is 23.2 Å². The third-order valence-electron chi connectivity index (χ3n) is 6.18. The fourth-order valence-electron chi connectivity index (χ4n) is 4.83. The van der Waals surface area contributed by atoms with Gasteiger partial charge in [0, 0.05) is 6.04 Å². The molecule has 0 radical (unpaired) electrons. The SMILES string of the molecule is O[C@@H]1[C@H](O)[C@@H](CCl)O[C@H]1n1cnc2c(N[C@@H]3C[C@H]4CC[C@H]3C4)ncnc21. The molecule has 0 unspecified atom stereocenters. The van der Waals surface area contributed by atoms with Crippen molar-refractivity contribution in [2.24, 2.45) is 11.8 Å². The highest BCUT2D eigenvalue weighted by Crippen LogP contribution is 2.45. The molecule has 5 rings (SSSR count). The summed E-state index contributed by atoms with van der Waals surface area (Å²) in [5.41, 5.74) is 1.21. The molecule has 26 heavy (non-hydrogen) atoms. The molecule has 0 amide bonds. The average Bonchev–Trinajstić information content (AvgIpc) is 3.41. The van der Waals surface area contributed by atoms with Gasteiger partial charge >= 0.3 is 0 Å². The van der Waals surface area contributed by atoms with Crippen LogP contribution < -0.4 is 5.32 Å². The second kappa shape index (κ2) is 6.30. The van der Waals surface area contributed by atoms with Crippen LogP contribution in [0.25, 0.3) is 11.2 Å². The van der Waals surface area contributed by atoms with E-state index in [2.05, 4.69) is 20.3 Å². The van der Waals surface area contributed by atoms with E-state index in [4.69, 9.17) is 16.3 Å². The van der Waals surface area contributed by atoms with Gasteiger partial charge < -0.3 is 20.3 Å². The van der Waals surface area contributed by atoms with E-state index in [9.17, 15) is 10.2 Å². The van der Waals surface area contributed by atoms with E-state index in [1.165, 1.54) is 32.0 Å². The topological polar surface area (TPSA) is 105 Å². The Morgan fingerprint density at radius 3 is 2.77 bits per heavy atom. The molecule has 9 heteroatoms. The van der Waals surface area contributed by atoms with Crippen molar-refractivity contribution in [2.75, 3.05) is 11.2 Å². The number of aliphatic hydroxyl groups is 2. The van der Waals surface area contributed by atoms with Crippen LogP contribution in [-0.4, -0.2) is 60.0 Å². The smallest absolute Gasteiger partial charge is 0.167 e. The highest BCUT2D eigenvalue weighted by atomic mass is 35.5. The summed E-state index contributed by atoms with van der Waals surface area (Å²) in [6.07, 6.45) is 4.66. The first-order chi connectivity index (χ1) is 12.7. The van der Waals surface area contributed by atoms with Gasteiger partial charge in [0.1, 0.15) is 24.6 Å². The van der Waals surface area contributed by atoms with Crippen LogP contribution in [0, 0.1) is 11.8 Å². The zero-order valence-corrected chi connectivity index (χ0v) is 15.0. The van der Waals surface area contributed by atoms with Crippen molar-refractivity contribution in [1.29, 1.82) is 0 Å². The number of nitrogens with one attached hydrogen (secondary N) is 1. The molecule has 1 aliphatic heterocycles. The molecule has 2 aromatic heterocycles. The van der Waals surface area contributed by atoms with E-state index in [1.807, 2.05) is 0 Å². The highest BCUT2D eigenvalue weighted by Gasteiger charge is 2.44. The fourth-order valence-corrected chi connectivity index (χ4v) is 5.08. The Morgan fingerprint density at radius 1 is 1.19 bits per heavy atom. The number of alkyl halides is 1. The van der Waals surface area contributed by atoms with Gasteiger partial charge in [0.05, 0.1) is 12.2 Å². The van der Waals surface area contributed by atoms with Gasteiger partial charge in [0.25, 0.3) is 0 Å². The third-order valence-corrected chi connectivity index (χ3v) is 6.49. The van der Waals surface area contributed by atoms with E-state index in [0.29, 0.717) is 28.9 Å². The average molecular weight is 380 g/mol. The lowest BCUT2D eigenvalue weighted by atomic mass is 9.95. The number of hydrogen-bond donors (Lipinski definition) is 3. The first kappa shape index (κ1) is 16.7. The van der Waals surface area contributed by atoms with E-state index in [0.717, 1.165) is 5.92 Å². The number of aromatic nitrogens is 4. The number of anilines is 1. The first-order valence-electron chi connectivity index (χ1n) is 9.17. The van der Waals surface area contributed by atoms with Crippen LogP contribution in [0.2, 0.25) is 0 Å². The van der Waals surface area contributed by atoms with Gasteiger partial charge in [-0.1, -0.05) is 6.42 Å². The van der Waals surface area contributed by atoms with Crippen LogP contribution in [0.1, 0.15) is 31.9 Å². The molecule has 0 aromatic carbocycles. The Bertz CT molecular complexity index is 817. The lowest BCUT2D eigenvalue weighted by Crippen LogP contribution is -2.32. The zero-order chi connectivity index (χ0) is 17.8. The number of fused-ring (bicyclic) bond motifs is 3. The van der Waals surface area contributed by atoms with Crippen molar-refractivity contribution < 1.29 is 14.9 Å². The van der Waals surface area contributed by atoms with Gasteiger partial charge in [-0.15, -0.1) is 11.6 Å². The molecule has 3 heterocycles. The monoisotopic (exact) mass is 379 g/mol. The molecular weight excluding hydrogens is 358 g/mol. The van der Waals surface area contributed by atoms with Gasteiger partial charge in [-0.3, -0.25) is 4.57 Å². The first-order valence-corrected chi connectivity index (χ1v) is 9.70. The van der Waals surface area contributed by atoms with Crippen molar-refractivity contribution in [3.05, 3.63) is 12.7 Å². The zero-order valence-electron chi connectivity index (χ0n) is 14.2. The van der Waals surface area contributed by atoms with Crippen molar-refractivity contribution in [1.82, 2.24) is 19.5 Å². The molecule has 0 spiro atoms. The number of imidazole rings is 1. The summed E-state index contributed by atoms with van der Waals surface area (Å²) in [7, 11) is 0. The third kappa shape index (κ3) is 2.51. The predicted octanol–water partition coefficient (Wildman–Crippen LogP) is 1.28. The molecule has 3 fully saturated rings. The maximum atomic E-state index is 10.3. The minimum absolute atomic E-state index is 0.105. The van der Waals surface area contributed by atoms with Crippen molar-refractivity contribution in [3.63, 3.8) is 0 Å². The molecule has 2 aliphatic carbocycles. The minimum atomic E-state index is -1.09. The number of halogens is 1. The molecule has 8 nitrogen and oxygen atoms in total. The van der Waals surface area contributed by atoms with Gasteiger partial charge in [-0.2, -0.15) is 0 Å². The molecule has 2 bridgehead atoms. The number of hydrogen-bond acceptors (Lipinski definition) is 7. The number of aliphatic hydroxyl groups excluding tert-OH is 2. The Labute approximate surface area is 155 Å². The van der Waals surface area contributed by atoms with E-state index in [1.54, 1.807) is 10.9 Å². The normalized spacial score (nSPS) is 39.1. The molecule has 3 N–H and O–H groups in total. The van der Waals surface area contributed by atoms with Gasteiger partial charge in [0.2, 0.25) is 0 Å². The quantitative estimate of drug-likeness (QED) is 0.687. The predicted molar refractivity (Wildman–Crippen MR) is 94.8 cm³/mol. The number of ether oxygens (including phenoxy) is 1. The van der Waals surface area contributed by atoms with Crippen molar-refractivity contribution in [2.45, 2.75) is 56.3 Å². The van der Waals surface area contributed by atoms with Gasteiger partial charge in [-0.05, 0) is 31.1 Å². The molecule has 2 saturated carbocycles. The highest BCUT2D eigenvalue weighted by molar-refractivity contribution is 6.18. The second-order valence-electron chi connectivity index (χ2n) is 7.67. The van der Waals surface area contributed by atoms with Crippen LogP contribution in [0.5, 0.6) is 0 Å². The van der Waals surface area contributed by atoms with Crippen LogP contribution in [0.15, 0.2) is 12.7 Å². The van der Waals surface area contributed by atoms with E-state index >= 15 is 0 Å². The second-order valence-corrected chi connectivity index (χ2v) is 7.98. The van der Waals surface area contributed by atoms with Crippen LogP contribution in [-0.2, 0) is 4.74 Å². The van der Waals surface area contributed by atoms with Crippen molar-refractivity contribution in [3.8, 4) is 0 Å². The molecular formula is C17H22ClN5O3.